The van der Waals surface area contributed by atoms with Crippen LogP contribution in [0.15, 0.2) is 44.3 Å². The van der Waals surface area contributed by atoms with E-state index in [2.05, 4.69) is 72.6 Å². The highest BCUT2D eigenvalue weighted by Gasteiger charge is 2.28. The minimum Gasteiger partial charge on any atom is -0.0991 e. The van der Waals surface area contributed by atoms with Crippen LogP contribution in [0.25, 0.3) is 5.57 Å². The first kappa shape index (κ1) is 12.6. The fourth-order valence-corrected chi connectivity index (χ4v) is 3.23. The summed E-state index contributed by atoms with van der Waals surface area (Å²) in [5.74, 6) is 0.711. The molecule has 1 aromatic carbocycles. The molecule has 0 atom stereocenters. The molecular formula is C13H11Br3. The number of hydrogen-bond donors (Lipinski definition) is 0. The molecule has 1 aliphatic carbocycles. The standard InChI is InChI=1S/C13H11Br3/c1-2-3-9(8-4-5-8)10-6-7-11(14)13(16)12(10)15/h2-3,6-8H,1,4-5H2. The van der Waals surface area contributed by atoms with Gasteiger partial charge in [0.2, 0.25) is 0 Å². The van der Waals surface area contributed by atoms with Crippen LogP contribution in [0.4, 0.5) is 0 Å². The number of allylic oxidation sites excluding steroid dienone is 3. The van der Waals surface area contributed by atoms with Crippen LogP contribution < -0.4 is 0 Å². The summed E-state index contributed by atoms with van der Waals surface area (Å²) in [6, 6.07) is 4.22. The molecule has 0 aliphatic heterocycles. The molecule has 84 valence electrons. The molecule has 0 unspecified atom stereocenters. The normalized spacial score (nSPS) is 16.3. The molecule has 0 saturated heterocycles. The molecule has 0 aromatic heterocycles. The van der Waals surface area contributed by atoms with Crippen molar-refractivity contribution < 1.29 is 0 Å². The van der Waals surface area contributed by atoms with Gasteiger partial charge in [-0.15, -0.1) is 0 Å². The third-order valence-corrected chi connectivity index (χ3v) is 6.03. The average molecular weight is 407 g/mol. The Morgan fingerprint density at radius 1 is 1.19 bits per heavy atom. The second kappa shape index (κ2) is 5.19. The lowest BCUT2D eigenvalue weighted by Crippen LogP contribution is -1.90. The molecule has 1 saturated carbocycles. The number of halogens is 3. The van der Waals surface area contributed by atoms with E-state index in [0.29, 0.717) is 5.92 Å². The predicted octanol–water partition coefficient (Wildman–Crippen LogP) is 5.95. The molecule has 2 rings (SSSR count). The van der Waals surface area contributed by atoms with Crippen molar-refractivity contribution in [2.75, 3.05) is 0 Å². The molecule has 0 heterocycles. The molecule has 0 spiro atoms. The van der Waals surface area contributed by atoms with Crippen molar-refractivity contribution in [3.8, 4) is 0 Å². The molecule has 0 N–H and O–H groups in total. The van der Waals surface area contributed by atoms with Crippen molar-refractivity contribution in [3.63, 3.8) is 0 Å². The number of benzene rings is 1. The van der Waals surface area contributed by atoms with Gasteiger partial charge in [0.05, 0.1) is 0 Å². The maximum atomic E-state index is 3.79. The summed E-state index contributed by atoms with van der Waals surface area (Å²) >= 11 is 10.7. The maximum absolute atomic E-state index is 3.79. The number of rotatable bonds is 3. The first-order chi connectivity index (χ1) is 7.65. The third-order valence-electron chi connectivity index (χ3n) is 2.66. The zero-order valence-corrected chi connectivity index (χ0v) is 13.4. The summed E-state index contributed by atoms with van der Waals surface area (Å²) in [7, 11) is 0. The van der Waals surface area contributed by atoms with E-state index in [1.54, 1.807) is 0 Å². The van der Waals surface area contributed by atoms with Gasteiger partial charge in [-0.05, 0) is 83.8 Å². The third kappa shape index (κ3) is 2.52. The second-order valence-electron chi connectivity index (χ2n) is 3.85. The van der Waals surface area contributed by atoms with Gasteiger partial charge in [0.1, 0.15) is 0 Å². The van der Waals surface area contributed by atoms with Gasteiger partial charge in [0.15, 0.2) is 0 Å². The van der Waals surface area contributed by atoms with Crippen LogP contribution >= 0.6 is 47.8 Å². The van der Waals surface area contributed by atoms with Gasteiger partial charge in [-0.2, -0.15) is 0 Å². The fraction of sp³-hybridized carbons (Fsp3) is 0.231. The Labute approximate surface area is 121 Å². The monoisotopic (exact) mass is 404 g/mol. The average Bonchev–Trinajstić information content (AvgIpc) is 3.08. The minimum atomic E-state index is 0.711. The zero-order valence-electron chi connectivity index (χ0n) is 8.64. The van der Waals surface area contributed by atoms with Gasteiger partial charge in [-0.3, -0.25) is 0 Å². The van der Waals surface area contributed by atoms with Gasteiger partial charge >= 0.3 is 0 Å². The van der Waals surface area contributed by atoms with Crippen molar-refractivity contribution in [1.29, 1.82) is 0 Å². The molecule has 3 heteroatoms. The Morgan fingerprint density at radius 2 is 1.88 bits per heavy atom. The summed E-state index contributed by atoms with van der Waals surface area (Å²) in [4.78, 5) is 0. The highest BCUT2D eigenvalue weighted by atomic mass is 79.9. The summed E-state index contributed by atoms with van der Waals surface area (Å²) in [6.45, 7) is 3.79. The van der Waals surface area contributed by atoms with Crippen molar-refractivity contribution >= 4 is 53.4 Å². The maximum Gasteiger partial charge on any atom is 0.0465 e. The quantitative estimate of drug-likeness (QED) is 0.429. The molecular weight excluding hydrogens is 396 g/mol. The lowest BCUT2D eigenvalue weighted by atomic mass is 10.0. The predicted molar refractivity (Wildman–Crippen MR) is 80.4 cm³/mol. The van der Waals surface area contributed by atoms with Crippen molar-refractivity contribution in [2.24, 2.45) is 5.92 Å². The Bertz CT molecular complexity index is 456. The second-order valence-corrected chi connectivity index (χ2v) is 6.30. The van der Waals surface area contributed by atoms with Gasteiger partial charge in [-0.1, -0.05) is 24.8 Å². The number of hydrogen-bond acceptors (Lipinski definition) is 0. The summed E-state index contributed by atoms with van der Waals surface area (Å²) in [5, 5.41) is 0. The van der Waals surface area contributed by atoms with Crippen LogP contribution in [0.1, 0.15) is 18.4 Å². The van der Waals surface area contributed by atoms with Crippen LogP contribution in [0, 0.1) is 5.92 Å². The highest BCUT2D eigenvalue weighted by Crippen LogP contribution is 2.46. The molecule has 0 amide bonds. The summed E-state index contributed by atoms with van der Waals surface area (Å²) in [5.41, 5.74) is 2.65. The first-order valence-corrected chi connectivity index (χ1v) is 7.49. The lowest BCUT2D eigenvalue weighted by Gasteiger charge is -2.11. The van der Waals surface area contributed by atoms with E-state index >= 15 is 0 Å². The van der Waals surface area contributed by atoms with E-state index in [1.165, 1.54) is 24.0 Å². The van der Waals surface area contributed by atoms with Crippen LogP contribution in [-0.4, -0.2) is 0 Å². The Balaban J connectivity index is 2.50. The Morgan fingerprint density at radius 3 is 2.44 bits per heavy atom. The van der Waals surface area contributed by atoms with Gasteiger partial charge in [0, 0.05) is 13.4 Å². The molecule has 1 aliphatic rings. The minimum absolute atomic E-state index is 0.711. The van der Waals surface area contributed by atoms with E-state index in [-0.39, 0.29) is 0 Å². The Kier molecular flexibility index (Phi) is 4.09. The molecule has 16 heavy (non-hydrogen) atoms. The van der Waals surface area contributed by atoms with Gasteiger partial charge in [0.25, 0.3) is 0 Å². The smallest absolute Gasteiger partial charge is 0.0465 e. The SMILES string of the molecule is C=CC=C(c1ccc(Br)c(Br)c1Br)C1CC1. The Hall–Kier alpha value is 0.140. The zero-order chi connectivity index (χ0) is 11.7. The summed E-state index contributed by atoms with van der Waals surface area (Å²) < 4.78 is 3.25. The largest absolute Gasteiger partial charge is 0.0991 e. The van der Waals surface area contributed by atoms with Gasteiger partial charge < -0.3 is 0 Å². The molecule has 1 aromatic rings. The van der Waals surface area contributed by atoms with Crippen molar-refractivity contribution in [3.05, 3.63) is 49.8 Å². The van der Waals surface area contributed by atoms with E-state index in [4.69, 9.17) is 0 Å². The highest BCUT2D eigenvalue weighted by molar-refractivity contribution is 9.14. The van der Waals surface area contributed by atoms with Crippen molar-refractivity contribution in [2.45, 2.75) is 12.8 Å². The first-order valence-electron chi connectivity index (χ1n) is 5.11. The topological polar surface area (TPSA) is 0 Å². The van der Waals surface area contributed by atoms with E-state index in [0.717, 1.165) is 13.4 Å². The van der Waals surface area contributed by atoms with Crippen LogP contribution in [0.5, 0.6) is 0 Å². The molecule has 0 radical (unpaired) electrons. The van der Waals surface area contributed by atoms with E-state index in [1.807, 2.05) is 6.08 Å². The van der Waals surface area contributed by atoms with Crippen LogP contribution in [0.3, 0.4) is 0 Å². The van der Waals surface area contributed by atoms with Crippen LogP contribution in [-0.2, 0) is 0 Å². The van der Waals surface area contributed by atoms with E-state index in [9.17, 15) is 0 Å². The van der Waals surface area contributed by atoms with Crippen LogP contribution in [0.2, 0.25) is 0 Å². The lowest BCUT2D eigenvalue weighted by molar-refractivity contribution is 1.14. The van der Waals surface area contributed by atoms with Gasteiger partial charge in [-0.25, -0.2) is 0 Å². The molecule has 0 bridgehead atoms. The molecule has 1 fully saturated rings. The van der Waals surface area contributed by atoms with E-state index < -0.39 is 0 Å². The summed E-state index contributed by atoms with van der Waals surface area (Å²) in [6.07, 6.45) is 6.58. The molecule has 0 nitrogen and oxygen atoms in total. The van der Waals surface area contributed by atoms with Crippen molar-refractivity contribution in [1.82, 2.24) is 0 Å². The fourth-order valence-electron chi connectivity index (χ4n) is 1.72.